The van der Waals surface area contributed by atoms with Crippen LogP contribution in [0.2, 0.25) is 0 Å². The number of aromatic nitrogens is 1. The quantitative estimate of drug-likeness (QED) is 0.892. The van der Waals surface area contributed by atoms with E-state index in [4.69, 9.17) is 4.42 Å². The van der Waals surface area contributed by atoms with Crippen molar-refractivity contribution in [2.24, 2.45) is 16.7 Å². The van der Waals surface area contributed by atoms with E-state index in [0.29, 0.717) is 16.9 Å². The molecule has 18 heavy (non-hydrogen) atoms. The molecular weight excluding hydrogens is 224 g/mol. The minimum absolute atomic E-state index is 0.397. The monoisotopic (exact) mass is 248 g/mol. The van der Waals surface area contributed by atoms with Crippen LogP contribution in [0.5, 0.6) is 0 Å². The Kier molecular flexibility index (Phi) is 2.60. The SMILES string of the molecule is Cc1cnc(CNC2C3(C)CCC(C3)C2(C)C)o1. The minimum Gasteiger partial charge on any atom is -0.445 e. The first kappa shape index (κ1) is 12.2. The molecule has 0 amide bonds. The van der Waals surface area contributed by atoms with Crippen molar-refractivity contribution in [3.8, 4) is 0 Å². The van der Waals surface area contributed by atoms with E-state index in [2.05, 4.69) is 31.1 Å². The zero-order chi connectivity index (χ0) is 13.0. The van der Waals surface area contributed by atoms with E-state index >= 15 is 0 Å². The van der Waals surface area contributed by atoms with E-state index < -0.39 is 0 Å². The zero-order valence-electron chi connectivity index (χ0n) is 11.9. The van der Waals surface area contributed by atoms with E-state index in [1.807, 2.05) is 6.92 Å². The average molecular weight is 248 g/mol. The molecular formula is C15H24N2O. The predicted octanol–water partition coefficient (Wildman–Crippen LogP) is 3.29. The highest BCUT2D eigenvalue weighted by atomic mass is 16.4. The van der Waals surface area contributed by atoms with Crippen LogP contribution in [-0.4, -0.2) is 11.0 Å². The third-order valence-corrected chi connectivity index (χ3v) is 5.40. The molecule has 2 saturated carbocycles. The number of aryl methyl sites for hydroxylation is 1. The highest BCUT2D eigenvalue weighted by Gasteiger charge is 2.58. The van der Waals surface area contributed by atoms with Crippen LogP contribution in [0.15, 0.2) is 10.6 Å². The first-order valence-corrected chi connectivity index (χ1v) is 7.06. The molecule has 0 aliphatic heterocycles. The lowest BCUT2D eigenvalue weighted by atomic mass is 9.68. The van der Waals surface area contributed by atoms with Crippen molar-refractivity contribution in [3.05, 3.63) is 17.8 Å². The number of fused-ring (bicyclic) bond motifs is 2. The number of oxazole rings is 1. The molecule has 1 aromatic rings. The first-order valence-electron chi connectivity index (χ1n) is 7.06. The number of hydrogen-bond acceptors (Lipinski definition) is 3. The molecule has 2 aliphatic rings. The van der Waals surface area contributed by atoms with Gasteiger partial charge in [-0.15, -0.1) is 0 Å². The van der Waals surface area contributed by atoms with Gasteiger partial charge in [0.2, 0.25) is 5.89 Å². The maximum Gasteiger partial charge on any atom is 0.208 e. The van der Waals surface area contributed by atoms with Crippen molar-refractivity contribution in [2.45, 2.75) is 59.5 Å². The van der Waals surface area contributed by atoms with Crippen LogP contribution in [0.3, 0.4) is 0 Å². The Bertz CT molecular complexity index is 446. The van der Waals surface area contributed by atoms with Crippen molar-refractivity contribution in [1.29, 1.82) is 0 Å². The van der Waals surface area contributed by atoms with Gasteiger partial charge in [0.25, 0.3) is 0 Å². The van der Waals surface area contributed by atoms with E-state index in [1.54, 1.807) is 6.20 Å². The van der Waals surface area contributed by atoms with E-state index in [-0.39, 0.29) is 0 Å². The lowest BCUT2D eigenvalue weighted by Gasteiger charge is -2.43. The highest BCUT2D eigenvalue weighted by Crippen LogP contribution is 2.62. The van der Waals surface area contributed by atoms with Crippen LogP contribution in [0.25, 0.3) is 0 Å². The van der Waals surface area contributed by atoms with Crippen LogP contribution in [0, 0.1) is 23.7 Å². The minimum atomic E-state index is 0.397. The van der Waals surface area contributed by atoms with Gasteiger partial charge in [-0.2, -0.15) is 0 Å². The second-order valence-corrected chi connectivity index (χ2v) is 7.09. The number of rotatable bonds is 3. The average Bonchev–Trinajstić information content (AvgIpc) is 2.89. The van der Waals surface area contributed by atoms with Gasteiger partial charge >= 0.3 is 0 Å². The van der Waals surface area contributed by atoms with Gasteiger partial charge in [0.15, 0.2) is 0 Å². The summed E-state index contributed by atoms with van der Waals surface area (Å²) in [5.74, 6) is 2.59. The summed E-state index contributed by atoms with van der Waals surface area (Å²) < 4.78 is 5.55. The molecule has 3 nitrogen and oxygen atoms in total. The summed E-state index contributed by atoms with van der Waals surface area (Å²) in [6.07, 6.45) is 5.94. The Labute approximate surface area is 109 Å². The van der Waals surface area contributed by atoms with E-state index in [9.17, 15) is 0 Å². The second kappa shape index (κ2) is 3.83. The number of hydrogen-bond donors (Lipinski definition) is 1. The lowest BCUT2D eigenvalue weighted by molar-refractivity contribution is 0.105. The van der Waals surface area contributed by atoms with Crippen molar-refractivity contribution >= 4 is 0 Å². The molecule has 1 aromatic heterocycles. The van der Waals surface area contributed by atoms with Gasteiger partial charge in [0.1, 0.15) is 5.76 Å². The molecule has 3 unspecified atom stereocenters. The molecule has 100 valence electrons. The Balaban J connectivity index is 1.72. The molecule has 2 fully saturated rings. The van der Waals surface area contributed by atoms with Crippen LogP contribution in [0.1, 0.15) is 51.7 Å². The maximum atomic E-state index is 5.55. The molecule has 3 heteroatoms. The molecule has 2 bridgehead atoms. The molecule has 3 atom stereocenters. The fourth-order valence-corrected chi connectivity index (χ4v) is 4.48. The van der Waals surface area contributed by atoms with Crippen molar-refractivity contribution in [2.75, 3.05) is 0 Å². The summed E-state index contributed by atoms with van der Waals surface area (Å²) in [5.41, 5.74) is 0.866. The summed E-state index contributed by atoms with van der Waals surface area (Å²) in [7, 11) is 0. The summed E-state index contributed by atoms with van der Waals surface area (Å²) in [4.78, 5) is 4.28. The fourth-order valence-electron chi connectivity index (χ4n) is 4.48. The third kappa shape index (κ3) is 1.71. The van der Waals surface area contributed by atoms with Crippen molar-refractivity contribution in [1.82, 2.24) is 10.3 Å². The Morgan fingerprint density at radius 3 is 2.78 bits per heavy atom. The van der Waals surface area contributed by atoms with E-state index in [1.165, 1.54) is 19.3 Å². The molecule has 1 N–H and O–H groups in total. The molecule has 2 aliphatic carbocycles. The Hall–Kier alpha value is -0.830. The van der Waals surface area contributed by atoms with Gasteiger partial charge in [-0.05, 0) is 42.9 Å². The second-order valence-electron chi connectivity index (χ2n) is 7.09. The number of nitrogens with zero attached hydrogens (tertiary/aromatic N) is 1. The van der Waals surface area contributed by atoms with Crippen LogP contribution < -0.4 is 5.32 Å². The smallest absolute Gasteiger partial charge is 0.208 e. The summed E-state index contributed by atoms with van der Waals surface area (Å²) in [6.45, 7) is 9.98. The molecule has 0 radical (unpaired) electrons. The Morgan fingerprint density at radius 2 is 2.22 bits per heavy atom. The van der Waals surface area contributed by atoms with Crippen LogP contribution in [0.4, 0.5) is 0 Å². The maximum absolute atomic E-state index is 5.55. The normalized spacial score (nSPS) is 37.3. The summed E-state index contributed by atoms with van der Waals surface area (Å²) >= 11 is 0. The summed E-state index contributed by atoms with van der Waals surface area (Å²) in [6, 6.07) is 0.580. The van der Waals surface area contributed by atoms with Gasteiger partial charge < -0.3 is 9.73 Å². The highest BCUT2D eigenvalue weighted by molar-refractivity contribution is 5.12. The largest absolute Gasteiger partial charge is 0.445 e. The molecule has 3 rings (SSSR count). The van der Waals surface area contributed by atoms with Crippen molar-refractivity contribution < 1.29 is 4.42 Å². The van der Waals surface area contributed by atoms with Gasteiger partial charge in [0, 0.05) is 6.04 Å². The zero-order valence-corrected chi connectivity index (χ0v) is 11.9. The molecule has 0 aromatic carbocycles. The van der Waals surface area contributed by atoms with Crippen molar-refractivity contribution in [3.63, 3.8) is 0 Å². The topological polar surface area (TPSA) is 38.1 Å². The van der Waals surface area contributed by atoms with E-state index in [0.717, 1.165) is 24.1 Å². The molecule has 1 heterocycles. The van der Waals surface area contributed by atoms with Crippen LogP contribution in [-0.2, 0) is 6.54 Å². The Morgan fingerprint density at radius 1 is 1.44 bits per heavy atom. The first-order chi connectivity index (χ1) is 8.42. The van der Waals surface area contributed by atoms with Gasteiger partial charge in [-0.3, -0.25) is 0 Å². The third-order valence-electron chi connectivity index (χ3n) is 5.40. The standard InChI is InChI=1S/C15H24N2O/c1-10-8-16-12(18-10)9-17-13-14(2,3)11-5-6-15(13,4)7-11/h8,11,13,17H,5-7,9H2,1-4H3. The number of nitrogens with one attached hydrogen (secondary N) is 1. The fraction of sp³-hybridized carbons (Fsp3) is 0.800. The molecule has 0 saturated heterocycles. The lowest BCUT2D eigenvalue weighted by Crippen LogP contribution is -2.49. The predicted molar refractivity (Wildman–Crippen MR) is 71.1 cm³/mol. The van der Waals surface area contributed by atoms with Crippen LogP contribution >= 0.6 is 0 Å². The summed E-state index contributed by atoms with van der Waals surface area (Å²) in [5, 5.41) is 3.72. The molecule has 0 spiro atoms. The van der Waals surface area contributed by atoms with Gasteiger partial charge in [-0.1, -0.05) is 20.8 Å². The van der Waals surface area contributed by atoms with Gasteiger partial charge in [-0.25, -0.2) is 4.98 Å². The van der Waals surface area contributed by atoms with Gasteiger partial charge in [0.05, 0.1) is 12.7 Å².